The molecule has 0 unspecified atom stereocenters. The lowest BCUT2D eigenvalue weighted by molar-refractivity contribution is -0.148. The van der Waals surface area contributed by atoms with Crippen molar-refractivity contribution in [2.45, 2.75) is 231 Å². The van der Waals surface area contributed by atoms with Crippen LogP contribution in [0.1, 0.15) is 197 Å². The number of fused-ring (bicyclic) bond motifs is 2. The van der Waals surface area contributed by atoms with Gasteiger partial charge in [-0.1, -0.05) is 63.5 Å². The Labute approximate surface area is 413 Å². The number of aromatic nitrogens is 2. The van der Waals surface area contributed by atoms with E-state index in [-0.39, 0.29) is 30.4 Å². The van der Waals surface area contributed by atoms with E-state index < -0.39 is 35.8 Å². The monoisotopic (exact) mass is 959 g/mol. The molecule has 2 fully saturated rings. The molecule has 0 radical (unpaired) electrons. The average Bonchev–Trinajstić information content (AvgIpc) is 4.07. The largest absolute Gasteiger partial charge is 0.464 e. The third kappa shape index (κ3) is 19.3. The van der Waals surface area contributed by atoms with E-state index in [0.29, 0.717) is 32.4 Å². The molecule has 0 aromatic carbocycles. The van der Waals surface area contributed by atoms with Gasteiger partial charge in [-0.3, -0.25) is 24.5 Å². The topological polar surface area (TPSA) is 178 Å². The molecule has 0 bridgehead atoms. The number of pyridine rings is 2. The Bertz CT molecular complexity index is 1930. The van der Waals surface area contributed by atoms with Crippen molar-refractivity contribution < 1.29 is 38.2 Å². The van der Waals surface area contributed by atoms with E-state index >= 15 is 0 Å². The van der Waals surface area contributed by atoms with Crippen molar-refractivity contribution in [2.75, 3.05) is 26.3 Å². The first-order valence-electron chi connectivity index (χ1n) is 27.0. The molecule has 2 aliphatic carbocycles. The molecule has 3 amide bonds. The number of carbonyl (C=O) groups is 5. The number of unbranched alkanes of at least 4 members (excludes halogenated alkanes) is 8. The van der Waals surface area contributed by atoms with Gasteiger partial charge in [0, 0.05) is 29.3 Å². The van der Waals surface area contributed by atoms with Crippen LogP contribution in [-0.4, -0.2) is 101 Å². The van der Waals surface area contributed by atoms with E-state index in [0.717, 1.165) is 109 Å². The van der Waals surface area contributed by atoms with Crippen LogP contribution < -0.4 is 16.0 Å². The van der Waals surface area contributed by atoms with Crippen LogP contribution in [0.4, 0.5) is 4.79 Å². The summed E-state index contributed by atoms with van der Waals surface area (Å²) in [6, 6.07) is 6.90. The summed E-state index contributed by atoms with van der Waals surface area (Å²) in [6.07, 6.45) is 26.1. The summed E-state index contributed by atoms with van der Waals surface area (Å²) >= 11 is 0. The molecular formula is C55H86N6O8. The molecule has 0 saturated carbocycles. The summed E-state index contributed by atoms with van der Waals surface area (Å²) in [5.74, 6) is -1.12. The third-order valence-electron chi connectivity index (χ3n) is 13.7. The van der Waals surface area contributed by atoms with Gasteiger partial charge in [-0.15, -0.1) is 0 Å². The zero-order valence-corrected chi connectivity index (χ0v) is 42.9. The van der Waals surface area contributed by atoms with Gasteiger partial charge in [0.2, 0.25) is 11.8 Å². The van der Waals surface area contributed by atoms with E-state index in [1.165, 1.54) is 83.7 Å². The average molecular weight is 959 g/mol. The lowest BCUT2D eigenvalue weighted by Gasteiger charge is -2.29. The first-order chi connectivity index (χ1) is 33.3. The molecule has 384 valence electrons. The second-order valence-corrected chi connectivity index (χ2v) is 20.5. The molecule has 3 N–H and O–H groups in total. The van der Waals surface area contributed by atoms with Crippen LogP contribution in [0.3, 0.4) is 0 Å². The van der Waals surface area contributed by atoms with Crippen LogP contribution in [0.15, 0.2) is 24.3 Å². The van der Waals surface area contributed by atoms with Gasteiger partial charge in [0.1, 0.15) is 23.7 Å². The van der Waals surface area contributed by atoms with Gasteiger partial charge in [0.25, 0.3) is 0 Å². The van der Waals surface area contributed by atoms with Gasteiger partial charge in [0.05, 0.1) is 19.3 Å². The Balaban J connectivity index is 0.000000263. The summed E-state index contributed by atoms with van der Waals surface area (Å²) in [5, 5.41) is 8.96. The number of carbonyl (C=O) groups excluding carboxylic acids is 5. The second-order valence-electron chi connectivity index (χ2n) is 20.5. The summed E-state index contributed by atoms with van der Waals surface area (Å²) < 4.78 is 15.9. The van der Waals surface area contributed by atoms with E-state index in [9.17, 15) is 24.0 Å². The zero-order valence-electron chi connectivity index (χ0n) is 42.9. The van der Waals surface area contributed by atoms with Crippen LogP contribution in [0.25, 0.3) is 0 Å². The van der Waals surface area contributed by atoms with Crippen molar-refractivity contribution in [2.24, 2.45) is 0 Å². The van der Waals surface area contributed by atoms with Crippen molar-refractivity contribution in [3.63, 3.8) is 0 Å². The van der Waals surface area contributed by atoms with Crippen molar-refractivity contribution in [1.29, 1.82) is 0 Å². The molecule has 14 heteroatoms. The first kappa shape index (κ1) is 55.3. The number of amides is 3. The number of esters is 2. The van der Waals surface area contributed by atoms with Gasteiger partial charge in [-0.2, -0.15) is 0 Å². The molecule has 6 rings (SSSR count). The van der Waals surface area contributed by atoms with Gasteiger partial charge in [0.15, 0.2) is 0 Å². The predicted molar refractivity (Wildman–Crippen MR) is 269 cm³/mol. The minimum atomic E-state index is -0.705. The molecule has 2 aromatic heterocycles. The molecular weight excluding hydrogens is 873 g/mol. The molecule has 2 aliphatic heterocycles. The lowest BCUT2D eigenvalue weighted by Crippen LogP contribution is -2.52. The predicted octanol–water partition coefficient (Wildman–Crippen LogP) is 8.93. The highest BCUT2D eigenvalue weighted by Crippen LogP contribution is 2.24. The molecule has 14 nitrogen and oxygen atoms in total. The maximum absolute atomic E-state index is 13.1. The highest BCUT2D eigenvalue weighted by molar-refractivity contribution is 5.90. The number of ether oxygens (including phenoxy) is 3. The molecule has 69 heavy (non-hydrogen) atoms. The SMILES string of the molecule is CCOC(=O)[C@H](CCCCCCCc1ccc2c(n1)CCCC2)NC(=O)[C@@H]1CCCN1.CCOC(=O)[C@H](CCCCCCCc1ccc2c(n1)CCCC2)NC(=O)[C@@H]1CCCN1C(=O)OC(C)(C)C. The Kier molecular flexibility index (Phi) is 23.7. The maximum atomic E-state index is 13.1. The minimum Gasteiger partial charge on any atom is -0.464 e. The van der Waals surface area contributed by atoms with Crippen LogP contribution in [-0.2, 0) is 71.9 Å². The van der Waals surface area contributed by atoms with Crippen LogP contribution in [0.5, 0.6) is 0 Å². The van der Waals surface area contributed by atoms with E-state index in [4.69, 9.17) is 24.2 Å². The number of hydrogen-bond donors (Lipinski definition) is 3. The zero-order chi connectivity index (χ0) is 49.4. The molecule has 4 aliphatic rings. The number of nitrogens with zero attached hydrogens (tertiary/aromatic N) is 3. The van der Waals surface area contributed by atoms with Gasteiger partial charge >= 0.3 is 18.0 Å². The summed E-state index contributed by atoms with van der Waals surface area (Å²) in [6.45, 7) is 10.9. The fourth-order valence-electron chi connectivity index (χ4n) is 9.91. The number of likely N-dealkylation sites (tertiary alicyclic amines) is 1. The maximum Gasteiger partial charge on any atom is 0.410 e. The Morgan fingerprint density at radius 2 is 1.13 bits per heavy atom. The van der Waals surface area contributed by atoms with Crippen LogP contribution in [0, 0.1) is 0 Å². The van der Waals surface area contributed by atoms with Gasteiger partial charge in [-0.05, 0) is 180 Å². The van der Waals surface area contributed by atoms with Crippen LogP contribution in [0.2, 0.25) is 0 Å². The Morgan fingerprint density at radius 3 is 1.62 bits per heavy atom. The highest BCUT2D eigenvalue weighted by Gasteiger charge is 2.38. The lowest BCUT2D eigenvalue weighted by atomic mass is 9.95. The summed E-state index contributed by atoms with van der Waals surface area (Å²) in [5.41, 5.74) is 7.28. The molecule has 2 aromatic rings. The summed E-state index contributed by atoms with van der Waals surface area (Å²) in [7, 11) is 0. The number of hydrogen-bond acceptors (Lipinski definition) is 11. The number of rotatable bonds is 24. The second kappa shape index (κ2) is 29.6. The molecule has 0 spiro atoms. The number of nitrogens with one attached hydrogen (secondary N) is 3. The normalized spacial score (nSPS) is 18.4. The van der Waals surface area contributed by atoms with Gasteiger partial charge in [-0.25, -0.2) is 14.4 Å². The Hall–Kier alpha value is -4.59. The molecule has 4 atom stereocenters. The van der Waals surface area contributed by atoms with E-state index in [1.54, 1.807) is 34.6 Å². The van der Waals surface area contributed by atoms with E-state index in [2.05, 4.69) is 40.2 Å². The summed E-state index contributed by atoms with van der Waals surface area (Å²) in [4.78, 5) is 74.1. The van der Waals surface area contributed by atoms with Crippen LogP contribution >= 0.6 is 0 Å². The molecule has 2 saturated heterocycles. The smallest absolute Gasteiger partial charge is 0.410 e. The minimum absolute atomic E-state index is 0.0758. The van der Waals surface area contributed by atoms with Crippen molar-refractivity contribution in [3.05, 3.63) is 58.2 Å². The van der Waals surface area contributed by atoms with Crippen molar-refractivity contribution in [3.8, 4) is 0 Å². The van der Waals surface area contributed by atoms with E-state index in [1.807, 2.05) is 0 Å². The first-order valence-corrected chi connectivity index (χ1v) is 27.0. The fourth-order valence-corrected chi connectivity index (χ4v) is 9.91. The van der Waals surface area contributed by atoms with Crippen molar-refractivity contribution >= 4 is 29.8 Å². The third-order valence-corrected chi connectivity index (χ3v) is 13.7. The van der Waals surface area contributed by atoms with Gasteiger partial charge < -0.3 is 30.2 Å². The molecule has 4 heterocycles. The number of aryl methyl sites for hydroxylation is 6. The fraction of sp³-hybridized carbons (Fsp3) is 0.727. The quantitative estimate of drug-likeness (QED) is 0.0520. The van der Waals surface area contributed by atoms with Crippen molar-refractivity contribution in [1.82, 2.24) is 30.8 Å². The highest BCUT2D eigenvalue weighted by atomic mass is 16.6. The Morgan fingerprint density at radius 1 is 0.638 bits per heavy atom. The standard InChI is InChI=1S/C30H47N3O5.C25H39N3O3/c1-5-37-28(35)25(32-27(34)26-18-13-21-33(26)29(36)38-30(2,3)4)17-10-8-6-7-9-15-23-20-19-22-14-11-12-16-24(22)31-23;1-2-31-25(30)23(28-24(29)22-15-10-18-26-22)14-7-5-3-4-6-12-20-17-16-19-11-8-9-13-21(19)27-20/h19-20,25-26H,5-18,21H2,1-4H3,(H,32,34);16-17,22-23,26H,2-15,18H2,1H3,(H,28,29)/t25-,26-;22-,23-/m00/s1.